The quantitative estimate of drug-likeness (QED) is 0.179. The summed E-state index contributed by atoms with van der Waals surface area (Å²) in [5, 5.41) is 99.8. The second-order valence-electron chi connectivity index (χ2n) is 27.0. The first-order valence-electron chi connectivity index (χ1n) is 27.6. The van der Waals surface area contributed by atoms with Gasteiger partial charge in [0.1, 0.15) is 17.2 Å². The summed E-state index contributed by atoms with van der Waals surface area (Å²) >= 11 is 0. The van der Waals surface area contributed by atoms with Gasteiger partial charge in [0.2, 0.25) is 0 Å². The predicted molar refractivity (Wildman–Crippen MR) is 310 cm³/mol. The number of hydrogen-bond acceptors (Lipinski definition) is 4. The summed E-state index contributed by atoms with van der Waals surface area (Å²) in [6.45, 7) is 0.863. The van der Waals surface area contributed by atoms with E-state index in [4.69, 9.17) is 9.47 Å². The molecule has 0 amide bonds. The molecule has 2 spiro atoms. The van der Waals surface area contributed by atoms with Crippen LogP contribution in [0.5, 0.6) is 17.2 Å². The molecule has 322 valence electrons. The summed E-state index contributed by atoms with van der Waals surface area (Å²) in [6.07, 6.45) is 0. The minimum absolute atomic E-state index is 0.242. The van der Waals surface area contributed by atoms with Crippen molar-refractivity contribution < 1.29 is 14.6 Å². The molecule has 34 rings (SSSR count). The van der Waals surface area contributed by atoms with Gasteiger partial charge in [0, 0.05) is 18.7 Å². The van der Waals surface area contributed by atoms with Crippen LogP contribution in [-0.2, 0) is 10.8 Å². The molecule has 29 aromatic carbocycles. The number of likely N-dealkylation sites (N-methyl/N-ethyl adjacent to an activating group) is 1. The van der Waals surface area contributed by atoms with Crippen LogP contribution in [0.3, 0.4) is 0 Å². The summed E-state index contributed by atoms with van der Waals surface area (Å²) in [7, 11) is 5.96. The Hall–Kier alpha value is -8.96. The second-order valence-corrected chi connectivity index (χ2v) is 27.0. The van der Waals surface area contributed by atoms with Gasteiger partial charge in [-0.05, 0) is 320 Å². The van der Waals surface area contributed by atoms with Crippen molar-refractivity contribution in [2.75, 3.05) is 27.8 Å². The Morgan fingerprint density at radius 2 is 0.560 bits per heavy atom. The normalized spacial score (nSPS) is 23.1. The van der Waals surface area contributed by atoms with Crippen molar-refractivity contribution >= 4 is 291 Å². The van der Waals surface area contributed by atoms with Crippen molar-refractivity contribution in [2.45, 2.75) is 16.9 Å². The summed E-state index contributed by atoms with van der Waals surface area (Å²) in [5.41, 5.74) is 6.38. The molecule has 29 aromatic rings. The van der Waals surface area contributed by atoms with E-state index < -0.39 is 10.8 Å². The van der Waals surface area contributed by atoms with E-state index >= 15 is 0 Å². The highest BCUT2D eigenvalue weighted by atomic mass is 16.5. The molecule has 1 atom stereocenters. The topological polar surface area (TPSA) is 41.9 Å². The summed E-state index contributed by atoms with van der Waals surface area (Å²) in [5.74, 6) is 1.62. The first-order chi connectivity index (χ1) is 37.1. The number of rotatable bonds is 3. The lowest BCUT2D eigenvalue weighted by atomic mass is 9.47. The molecule has 5 aliphatic rings. The zero-order valence-corrected chi connectivity index (χ0v) is 39.2. The molecular weight excluding hydrogens is 915 g/mol. The van der Waals surface area contributed by atoms with Crippen LogP contribution in [0, 0.1) is 0 Å². The van der Waals surface area contributed by atoms with Gasteiger partial charge in [-0.1, -0.05) is 0 Å². The molecule has 1 saturated heterocycles. The van der Waals surface area contributed by atoms with Gasteiger partial charge in [-0.15, -0.1) is 0 Å². The number of phenolic OH excluding ortho intramolecular Hbond substituents is 1. The molecule has 4 aliphatic carbocycles. The van der Waals surface area contributed by atoms with Gasteiger partial charge in [-0.25, -0.2) is 0 Å². The average molecular weight is 930 g/mol. The van der Waals surface area contributed by atoms with Gasteiger partial charge in [-0.3, -0.25) is 4.90 Å². The van der Waals surface area contributed by atoms with E-state index in [1.54, 1.807) is 320 Å². The third kappa shape index (κ3) is 1.59. The lowest BCUT2D eigenvalue weighted by Gasteiger charge is -2.52. The smallest absolute Gasteiger partial charge is 0.131 e. The Labute approximate surface area is 410 Å². The highest BCUT2D eigenvalue weighted by Crippen LogP contribution is 2.87. The van der Waals surface area contributed by atoms with Crippen LogP contribution in [0.2, 0.25) is 0 Å². The van der Waals surface area contributed by atoms with Crippen LogP contribution in [0.1, 0.15) is 33.9 Å². The second kappa shape index (κ2) is 6.67. The number of phenols is 1. The molecule has 4 nitrogen and oxygen atoms in total. The Bertz CT molecular complexity index is 7420. The zero-order valence-electron chi connectivity index (χ0n) is 39.2. The molecule has 1 N–H and O–H groups in total. The van der Waals surface area contributed by atoms with Gasteiger partial charge < -0.3 is 14.6 Å². The third-order valence-electron chi connectivity index (χ3n) is 26.7. The standard InChI is InChI=1S/C71H15NO3/c1-72-6-70-65-57-49-39-29-21-13-11-12-15-19-17(13)25-33-27(19)37-31-23(15)24-16(12)20-18-14(11)22(21)30-36-26(18)34-28(20)38-32(24)42-41(31)53-47(37)55-45(33)51(43(49)35(25)29)59(65)61(55)67-63(53)64-54(42)48(38)56-46(34)52-44(36)50(40(30)39)58(57)66(70)60(52)62(56)68(64)71(67,70)69(72)10-8(73)4-7(74-2)5-9(10)75-3/h4-5,69,73H,6H2,1-3H3. The fourth-order valence-corrected chi connectivity index (χ4v) is 26.6. The Morgan fingerprint density at radius 1 is 0.333 bits per heavy atom. The number of ether oxygens (including phenoxy) is 2. The maximum absolute atomic E-state index is 13.1. The molecule has 0 bridgehead atoms. The zero-order chi connectivity index (χ0) is 45.5. The van der Waals surface area contributed by atoms with Crippen molar-refractivity contribution in [1.82, 2.24) is 4.90 Å². The van der Waals surface area contributed by atoms with Crippen molar-refractivity contribution in [3.05, 3.63) is 39.9 Å². The number of benzene rings is 19. The van der Waals surface area contributed by atoms with Crippen LogP contribution in [-0.4, -0.2) is 37.8 Å². The van der Waals surface area contributed by atoms with E-state index in [2.05, 4.69) is 18.0 Å². The van der Waals surface area contributed by atoms with Gasteiger partial charge in [0.05, 0.1) is 36.7 Å². The van der Waals surface area contributed by atoms with Crippen LogP contribution >= 0.6 is 0 Å². The Kier molecular flexibility index (Phi) is 2.58. The van der Waals surface area contributed by atoms with E-state index in [9.17, 15) is 5.11 Å². The van der Waals surface area contributed by atoms with Crippen molar-refractivity contribution in [2.24, 2.45) is 0 Å². The molecule has 1 heterocycles. The number of likely N-dealkylation sites (tertiary alicyclic amines) is 1. The fraction of sp³-hybridized carbons (Fsp3) is 0.0986. The van der Waals surface area contributed by atoms with Crippen LogP contribution in [0.4, 0.5) is 0 Å². The number of nitrogens with zero attached hydrogens (tertiary/aromatic N) is 1. The maximum atomic E-state index is 13.1. The molecule has 1 fully saturated rings. The third-order valence-corrected chi connectivity index (χ3v) is 26.7. The summed E-state index contributed by atoms with van der Waals surface area (Å²) < 4.78 is 12.6. The van der Waals surface area contributed by atoms with E-state index in [1.807, 2.05) is 13.2 Å². The highest BCUT2D eigenvalue weighted by molar-refractivity contribution is 6.82. The van der Waals surface area contributed by atoms with E-state index in [1.165, 1.54) is 0 Å². The van der Waals surface area contributed by atoms with Crippen LogP contribution < -0.4 is 9.47 Å². The number of aromatic hydroxyl groups is 1. The lowest BCUT2D eigenvalue weighted by Crippen LogP contribution is -2.52. The predicted octanol–water partition coefficient (Wildman–Crippen LogP) is 17.7. The van der Waals surface area contributed by atoms with E-state index in [0.29, 0.717) is 5.75 Å². The van der Waals surface area contributed by atoms with Crippen molar-refractivity contribution in [1.29, 1.82) is 0 Å². The Balaban J connectivity index is 1.12. The molecular formula is C71H15NO3. The number of methoxy groups -OCH3 is 2. The molecule has 1 aliphatic heterocycles. The molecule has 1 unspecified atom stereocenters. The SMILES string of the molecule is COc1cc(O)c(C2N(C)CC34c5c6c7c8c9c%10c(c%11c%12c3c3c5c5c%13c6c6c7c7c9c9c%14c%10c%10c%11c%11c%12c%12c3c3c5c5c%13c%13c6c6c7c9c7c9c%14c%10c%10c%11c%11c%12c3c3c5c5c%13c6c7c6c9c%10c%11c3c56)C824)c(OC)c1. The van der Waals surface area contributed by atoms with Gasteiger partial charge in [0.25, 0.3) is 0 Å². The minimum atomic E-state index is -0.591. The first kappa shape index (κ1) is 29.1. The van der Waals surface area contributed by atoms with E-state index in [0.717, 1.165) is 17.9 Å². The maximum Gasteiger partial charge on any atom is 0.131 e. The van der Waals surface area contributed by atoms with Crippen molar-refractivity contribution in [3.8, 4) is 17.2 Å². The lowest BCUT2D eigenvalue weighted by molar-refractivity contribution is 0.254. The molecule has 0 aromatic heterocycles. The molecule has 4 heteroatoms. The van der Waals surface area contributed by atoms with Crippen molar-refractivity contribution in [3.63, 3.8) is 0 Å². The van der Waals surface area contributed by atoms with Gasteiger partial charge >= 0.3 is 0 Å². The average Bonchev–Trinajstić information content (AvgIpc) is 3.74. The molecule has 0 saturated carbocycles. The van der Waals surface area contributed by atoms with Crippen LogP contribution in [0.25, 0.3) is 291 Å². The van der Waals surface area contributed by atoms with E-state index in [-0.39, 0.29) is 11.8 Å². The number of hydrogen-bond donors (Lipinski definition) is 1. The van der Waals surface area contributed by atoms with Crippen LogP contribution in [0.15, 0.2) is 12.1 Å². The van der Waals surface area contributed by atoms with Gasteiger partial charge in [0.15, 0.2) is 0 Å². The minimum Gasteiger partial charge on any atom is -0.507 e. The summed E-state index contributed by atoms with van der Waals surface area (Å²) in [4.78, 5) is 2.74. The monoisotopic (exact) mass is 929 g/mol. The summed E-state index contributed by atoms with van der Waals surface area (Å²) in [6, 6.07) is 3.71. The Morgan fingerprint density at radius 3 is 0.787 bits per heavy atom. The highest BCUT2D eigenvalue weighted by Gasteiger charge is 2.76. The van der Waals surface area contributed by atoms with Gasteiger partial charge in [-0.2, -0.15) is 0 Å². The fourth-order valence-electron chi connectivity index (χ4n) is 26.6. The first-order valence-corrected chi connectivity index (χ1v) is 27.6. The largest absolute Gasteiger partial charge is 0.507 e. The molecule has 75 heavy (non-hydrogen) atoms. The molecule has 0 radical (unpaired) electrons.